The molecule has 1 aromatic carbocycles. The fraction of sp³-hybridized carbons (Fsp3) is 0.650. The average Bonchev–Trinajstić information content (AvgIpc) is 2.60. The third-order valence-electron chi connectivity index (χ3n) is 7.37. The summed E-state index contributed by atoms with van der Waals surface area (Å²) in [6, 6.07) is 3.54. The van der Waals surface area contributed by atoms with Crippen LogP contribution in [-0.2, 0) is 0 Å². The Morgan fingerprint density at radius 3 is 2.14 bits per heavy atom. The molecule has 28 heavy (non-hydrogen) atoms. The van der Waals surface area contributed by atoms with Gasteiger partial charge < -0.3 is 0 Å². The minimum Gasteiger partial charge on any atom is -0.272 e. The van der Waals surface area contributed by atoms with E-state index in [1.807, 2.05) is 6.21 Å². The van der Waals surface area contributed by atoms with Crippen molar-refractivity contribution in [2.24, 2.45) is 33.7 Å². The Hall–Kier alpha value is -2.51. The number of hydrogen-bond acceptors (Lipinski definition) is 6. The van der Waals surface area contributed by atoms with Crippen LogP contribution in [0.15, 0.2) is 23.3 Å². The molecular formula is C20H26N4O4. The molecule has 0 saturated heterocycles. The lowest BCUT2D eigenvalue weighted by Crippen LogP contribution is -2.53. The summed E-state index contributed by atoms with van der Waals surface area (Å²) in [4.78, 5) is 20.9. The van der Waals surface area contributed by atoms with E-state index in [4.69, 9.17) is 0 Å². The molecule has 0 amide bonds. The summed E-state index contributed by atoms with van der Waals surface area (Å²) in [6.45, 7) is 4.44. The predicted octanol–water partition coefficient (Wildman–Crippen LogP) is 5.14. The van der Waals surface area contributed by atoms with Gasteiger partial charge in [0, 0.05) is 17.7 Å². The van der Waals surface area contributed by atoms with E-state index >= 15 is 0 Å². The van der Waals surface area contributed by atoms with Gasteiger partial charge in [0.15, 0.2) is 0 Å². The Morgan fingerprint density at radius 2 is 1.64 bits per heavy atom. The molecule has 1 N–H and O–H groups in total. The Balaban J connectivity index is 1.53. The zero-order valence-corrected chi connectivity index (χ0v) is 16.3. The maximum Gasteiger partial charge on any atom is 0.301 e. The molecule has 0 spiro atoms. The van der Waals surface area contributed by atoms with E-state index in [0.717, 1.165) is 23.8 Å². The number of hydrogen-bond donors (Lipinski definition) is 1. The van der Waals surface area contributed by atoms with Gasteiger partial charge in [0.1, 0.15) is 5.69 Å². The lowest BCUT2D eigenvalue weighted by molar-refractivity contribution is -0.393. The van der Waals surface area contributed by atoms with Gasteiger partial charge in [0.05, 0.1) is 15.9 Å². The van der Waals surface area contributed by atoms with E-state index in [-0.39, 0.29) is 27.9 Å². The summed E-state index contributed by atoms with van der Waals surface area (Å²) in [6.07, 6.45) is 9.76. The predicted molar refractivity (Wildman–Crippen MR) is 106 cm³/mol. The first-order valence-corrected chi connectivity index (χ1v) is 9.92. The van der Waals surface area contributed by atoms with Crippen molar-refractivity contribution >= 4 is 23.3 Å². The molecule has 4 saturated carbocycles. The molecule has 0 atom stereocenters. The number of hydrazone groups is 1. The number of non-ortho nitro benzene ring substituents is 1. The normalized spacial score (nSPS) is 31.3. The molecule has 0 aliphatic heterocycles. The van der Waals surface area contributed by atoms with Crippen LogP contribution in [0, 0.1) is 48.8 Å². The second-order valence-electron chi connectivity index (χ2n) is 9.51. The lowest BCUT2D eigenvalue weighted by Gasteiger charge is -2.61. The highest BCUT2D eigenvalue weighted by molar-refractivity contribution is 5.70. The van der Waals surface area contributed by atoms with Crippen LogP contribution in [0.3, 0.4) is 0 Å². The van der Waals surface area contributed by atoms with Crippen molar-refractivity contribution in [2.75, 3.05) is 5.43 Å². The molecule has 1 aromatic rings. The minimum atomic E-state index is -0.643. The van der Waals surface area contributed by atoms with Crippen molar-refractivity contribution in [3.63, 3.8) is 0 Å². The minimum absolute atomic E-state index is 0.119. The van der Waals surface area contributed by atoms with Gasteiger partial charge in [0.25, 0.3) is 5.69 Å². The molecule has 4 fully saturated rings. The molecule has 0 aromatic heterocycles. The average molecular weight is 386 g/mol. The summed E-state index contributed by atoms with van der Waals surface area (Å²) in [5.41, 5.74) is 2.39. The third-order valence-corrected chi connectivity index (χ3v) is 7.37. The van der Waals surface area contributed by atoms with Gasteiger partial charge in [-0.25, -0.2) is 0 Å². The molecule has 8 nitrogen and oxygen atoms in total. The molecule has 5 rings (SSSR count). The molecule has 4 aliphatic carbocycles. The first-order valence-electron chi connectivity index (χ1n) is 9.92. The molecule has 0 heterocycles. The standard InChI is InChI=1S/C20H26N4O4/c1-19(2,20-9-13-5-14(10-20)7-15(6-13)11-20)12-21-22-17-4-3-16(23(25)26)8-18(17)24(27)28/h3-4,8,12-15,22H,5-7,9-11H2,1-2H3/b21-12+. The number of nitrogens with zero attached hydrogens (tertiary/aromatic N) is 3. The summed E-state index contributed by atoms with van der Waals surface area (Å²) >= 11 is 0. The third kappa shape index (κ3) is 3.14. The Labute approximate surface area is 163 Å². The van der Waals surface area contributed by atoms with Crippen molar-refractivity contribution in [1.82, 2.24) is 0 Å². The maximum atomic E-state index is 11.3. The molecule has 8 heteroatoms. The Kier molecular flexibility index (Phi) is 4.39. The van der Waals surface area contributed by atoms with Crippen molar-refractivity contribution in [3.05, 3.63) is 38.4 Å². The van der Waals surface area contributed by atoms with E-state index in [2.05, 4.69) is 24.4 Å². The number of nitro benzene ring substituents is 2. The highest BCUT2D eigenvalue weighted by atomic mass is 16.6. The van der Waals surface area contributed by atoms with Crippen molar-refractivity contribution in [3.8, 4) is 0 Å². The van der Waals surface area contributed by atoms with E-state index < -0.39 is 9.85 Å². The van der Waals surface area contributed by atoms with Gasteiger partial charge in [0.2, 0.25) is 0 Å². The van der Waals surface area contributed by atoms with Crippen molar-refractivity contribution in [2.45, 2.75) is 52.4 Å². The Bertz CT molecular complexity index is 813. The number of rotatable bonds is 6. The molecule has 4 bridgehead atoms. The second-order valence-corrected chi connectivity index (χ2v) is 9.51. The number of benzene rings is 1. The Morgan fingerprint density at radius 1 is 1.07 bits per heavy atom. The SMILES string of the molecule is CC(C)(/C=N/Nc1ccc([N+](=O)[O-])cc1[N+](=O)[O-])C12CC3CC(CC(C3)C1)C2. The topological polar surface area (TPSA) is 111 Å². The monoisotopic (exact) mass is 386 g/mol. The van der Waals surface area contributed by atoms with Crippen LogP contribution in [0.4, 0.5) is 17.1 Å². The first-order chi connectivity index (χ1) is 13.2. The largest absolute Gasteiger partial charge is 0.301 e. The summed E-state index contributed by atoms with van der Waals surface area (Å²) in [7, 11) is 0. The van der Waals surface area contributed by atoms with Crippen LogP contribution < -0.4 is 5.43 Å². The molecule has 0 radical (unpaired) electrons. The van der Waals surface area contributed by atoms with E-state index in [9.17, 15) is 20.2 Å². The van der Waals surface area contributed by atoms with Gasteiger partial charge in [-0.2, -0.15) is 5.10 Å². The van der Waals surface area contributed by atoms with Gasteiger partial charge in [-0.05, 0) is 67.8 Å². The molecule has 150 valence electrons. The van der Waals surface area contributed by atoms with E-state index in [1.165, 1.54) is 50.7 Å². The van der Waals surface area contributed by atoms with Crippen LogP contribution in [-0.4, -0.2) is 16.1 Å². The van der Waals surface area contributed by atoms with Gasteiger partial charge in [-0.1, -0.05) is 13.8 Å². The van der Waals surface area contributed by atoms with E-state index in [1.54, 1.807) is 0 Å². The second kappa shape index (κ2) is 6.53. The van der Waals surface area contributed by atoms with Gasteiger partial charge >= 0.3 is 5.69 Å². The molecule has 0 unspecified atom stereocenters. The van der Waals surface area contributed by atoms with Crippen LogP contribution >= 0.6 is 0 Å². The fourth-order valence-electron chi connectivity index (χ4n) is 6.18. The van der Waals surface area contributed by atoms with Gasteiger partial charge in [-0.15, -0.1) is 0 Å². The van der Waals surface area contributed by atoms with Crippen LogP contribution in [0.2, 0.25) is 0 Å². The fourth-order valence-corrected chi connectivity index (χ4v) is 6.18. The molecule has 4 aliphatic rings. The zero-order chi connectivity index (χ0) is 20.1. The number of nitro groups is 2. The van der Waals surface area contributed by atoms with Crippen LogP contribution in [0.25, 0.3) is 0 Å². The highest BCUT2D eigenvalue weighted by Gasteiger charge is 2.56. The van der Waals surface area contributed by atoms with Crippen molar-refractivity contribution in [1.29, 1.82) is 0 Å². The van der Waals surface area contributed by atoms with Crippen LogP contribution in [0.5, 0.6) is 0 Å². The quantitative estimate of drug-likeness (QED) is 0.413. The zero-order valence-electron chi connectivity index (χ0n) is 16.3. The molecular weight excluding hydrogens is 360 g/mol. The van der Waals surface area contributed by atoms with Crippen LogP contribution in [0.1, 0.15) is 52.4 Å². The maximum absolute atomic E-state index is 11.3. The van der Waals surface area contributed by atoms with Gasteiger partial charge in [-0.3, -0.25) is 25.7 Å². The van der Waals surface area contributed by atoms with Crippen molar-refractivity contribution < 1.29 is 9.85 Å². The lowest BCUT2D eigenvalue weighted by atomic mass is 9.43. The highest BCUT2D eigenvalue weighted by Crippen LogP contribution is 2.65. The smallest absolute Gasteiger partial charge is 0.272 e. The summed E-state index contributed by atoms with van der Waals surface area (Å²) < 4.78 is 0. The first kappa shape index (κ1) is 18.8. The van der Waals surface area contributed by atoms with E-state index in [0.29, 0.717) is 0 Å². The number of nitrogens with one attached hydrogen (secondary N) is 1. The summed E-state index contributed by atoms with van der Waals surface area (Å²) in [5, 5.41) is 26.5. The summed E-state index contributed by atoms with van der Waals surface area (Å²) in [5.74, 6) is 2.51. The number of anilines is 1.